The SMILES string of the molecule is COc1cc(Br)c2oc(-c3cnc(=O)[nH]c3)nc2c1. The number of fused-ring (bicyclic) bond motifs is 1. The molecular formula is C12H8BrN3O3. The lowest BCUT2D eigenvalue weighted by atomic mass is 10.3. The number of methoxy groups -OCH3 is 1. The number of nitrogens with one attached hydrogen (secondary N) is 1. The lowest BCUT2D eigenvalue weighted by Gasteiger charge is -1.98. The molecule has 7 heteroatoms. The molecule has 3 aromatic rings. The molecule has 0 saturated carbocycles. The molecule has 0 aliphatic rings. The number of aromatic nitrogens is 3. The van der Waals surface area contributed by atoms with Gasteiger partial charge < -0.3 is 14.1 Å². The van der Waals surface area contributed by atoms with Gasteiger partial charge in [0.05, 0.1) is 17.1 Å². The van der Waals surface area contributed by atoms with Crippen LogP contribution in [0.25, 0.3) is 22.6 Å². The second-order valence-corrected chi connectivity index (χ2v) is 4.64. The van der Waals surface area contributed by atoms with E-state index in [1.54, 1.807) is 19.2 Å². The Morgan fingerprint density at radius 2 is 2.26 bits per heavy atom. The third kappa shape index (κ3) is 2.12. The molecule has 19 heavy (non-hydrogen) atoms. The van der Waals surface area contributed by atoms with Gasteiger partial charge in [-0.05, 0) is 22.0 Å². The summed E-state index contributed by atoms with van der Waals surface area (Å²) in [4.78, 5) is 21.4. The van der Waals surface area contributed by atoms with Crippen LogP contribution < -0.4 is 10.4 Å². The Bertz CT molecular complexity index is 789. The number of aromatic amines is 1. The molecule has 2 heterocycles. The highest BCUT2D eigenvalue weighted by atomic mass is 79.9. The van der Waals surface area contributed by atoms with E-state index in [0.717, 1.165) is 4.47 Å². The summed E-state index contributed by atoms with van der Waals surface area (Å²) < 4.78 is 11.6. The first-order valence-corrected chi connectivity index (χ1v) is 6.16. The Hall–Kier alpha value is -2.15. The first kappa shape index (κ1) is 11.9. The van der Waals surface area contributed by atoms with Gasteiger partial charge in [0, 0.05) is 18.5 Å². The lowest BCUT2D eigenvalue weighted by Crippen LogP contribution is -2.07. The highest BCUT2D eigenvalue weighted by Gasteiger charge is 2.12. The average molecular weight is 322 g/mol. The van der Waals surface area contributed by atoms with Crippen molar-refractivity contribution in [1.82, 2.24) is 15.0 Å². The number of oxazole rings is 1. The maximum atomic E-state index is 10.9. The van der Waals surface area contributed by atoms with Crippen molar-refractivity contribution in [3.63, 3.8) is 0 Å². The van der Waals surface area contributed by atoms with Crippen molar-refractivity contribution in [2.75, 3.05) is 7.11 Å². The molecule has 0 saturated heterocycles. The van der Waals surface area contributed by atoms with E-state index in [1.807, 2.05) is 0 Å². The summed E-state index contributed by atoms with van der Waals surface area (Å²) in [5.74, 6) is 1.06. The molecule has 0 bridgehead atoms. The number of ether oxygens (including phenoxy) is 1. The topological polar surface area (TPSA) is 81.0 Å². The minimum atomic E-state index is -0.414. The minimum Gasteiger partial charge on any atom is -0.497 e. The first-order chi connectivity index (χ1) is 9.17. The predicted octanol–water partition coefficient (Wildman–Crippen LogP) is 2.35. The van der Waals surface area contributed by atoms with Crippen molar-refractivity contribution < 1.29 is 9.15 Å². The fourth-order valence-corrected chi connectivity index (χ4v) is 2.18. The number of halogens is 1. The highest BCUT2D eigenvalue weighted by molar-refractivity contribution is 9.10. The van der Waals surface area contributed by atoms with Crippen LogP contribution in [-0.4, -0.2) is 22.1 Å². The van der Waals surface area contributed by atoms with Crippen LogP contribution in [0, 0.1) is 0 Å². The van der Waals surface area contributed by atoms with E-state index in [4.69, 9.17) is 9.15 Å². The number of rotatable bonds is 2. The molecule has 1 N–H and O–H groups in total. The second kappa shape index (κ2) is 4.51. The van der Waals surface area contributed by atoms with E-state index in [2.05, 4.69) is 30.9 Å². The van der Waals surface area contributed by atoms with Crippen molar-refractivity contribution in [1.29, 1.82) is 0 Å². The smallest absolute Gasteiger partial charge is 0.344 e. The van der Waals surface area contributed by atoms with E-state index in [1.165, 1.54) is 12.4 Å². The summed E-state index contributed by atoms with van der Waals surface area (Å²) in [6.45, 7) is 0. The molecule has 0 aliphatic heterocycles. The number of hydrogen-bond acceptors (Lipinski definition) is 5. The number of hydrogen-bond donors (Lipinski definition) is 1. The molecule has 6 nitrogen and oxygen atoms in total. The third-order valence-corrected chi connectivity index (χ3v) is 3.16. The molecule has 2 aromatic heterocycles. The van der Waals surface area contributed by atoms with Crippen molar-refractivity contribution in [2.24, 2.45) is 0 Å². The fraction of sp³-hybridized carbons (Fsp3) is 0.0833. The molecule has 0 spiro atoms. The molecule has 0 radical (unpaired) electrons. The van der Waals surface area contributed by atoms with Gasteiger partial charge in [-0.1, -0.05) is 0 Å². The molecule has 3 rings (SSSR count). The molecular weight excluding hydrogens is 314 g/mol. The van der Waals surface area contributed by atoms with Crippen LogP contribution >= 0.6 is 15.9 Å². The zero-order valence-electron chi connectivity index (χ0n) is 9.81. The third-order valence-electron chi connectivity index (χ3n) is 2.57. The summed E-state index contributed by atoms with van der Waals surface area (Å²) in [6.07, 6.45) is 2.92. The summed E-state index contributed by atoms with van der Waals surface area (Å²) in [7, 11) is 1.58. The molecule has 0 fully saturated rings. The molecule has 96 valence electrons. The zero-order chi connectivity index (χ0) is 13.4. The minimum absolute atomic E-state index is 0.382. The summed E-state index contributed by atoms with van der Waals surface area (Å²) in [6, 6.07) is 3.56. The number of H-pyrrole nitrogens is 1. The van der Waals surface area contributed by atoms with E-state index < -0.39 is 5.69 Å². The highest BCUT2D eigenvalue weighted by Crippen LogP contribution is 2.32. The molecule has 0 amide bonds. The maximum Gasteiger partial charge on any atom is 0.344 e. The van der Waals surface area contributed by atoms with Crippen LogP contribution in [0.3, 0.4) is 0 Å². The second-order valence-electron chi connectivity index (χ2n) is 3.78. The summed E-state index contributed by atoms with van der Waals surface area (Å²) >= 11 is 3.40. The largest absolute Gasteiger partial charge is 0.497 e. The Balaban J connectivity index is 2.18. The standard InChI is InChI=1S/C12H8BrN3O3/c1-18-7-2-8(13)10-9(3-7)16-11(19-10)6-4-14-12(17)15-5-6/h2-5H,1H3,(H,14,15,17). The van der Waals surface area contributed by atoms with Gasteiger partial charge in [0.15, 0.2) is 5.58 Å². The maximum absolute atomic E-state index is 10.9. The van der Waals surface area contributed by atoms with Gasteiger partial charge in [-0.2, -0.15) is 0 Å². The van der Waals surface area contributed by atoms with Crippen molar-refractivity contribution >= 4 is 27.0 Å². The summed E-state index contributed by atoms with van der Waals surface area (Å²) in [5, 5.41) is 0. The molecule has 0 aliphatic carbocycles. The zero-order valence-corrected chi connectivity index (χ0v) is 11.4. The van der Waals surface area contributed by atoms with Crippen molar-refractivity contribution in [3.8, 4) is 17.2 Å². The van der Waals surface area contributed by atoms with Gasteiger partial charge in [0.2, 0.25) is 5.89 Å². The fourth-order valence-electron chi connectivity index (χ4n) is 1.67. The van der Waals surface area contributed by atoms with Gasteiger partial charge in [-0.15, -0.1) is 0 Å². The summed E-state index contributed by atoms with van der Waals surface area (Å²) in [5.41, 5.74) is 1.46. The first-order valence-electron chi connectivity index (χ1n) is 5.36. The Morgan fingerprint density at radius 3 is 2.95 bits per heavy atom. The van der Waals surface area contributed by atoms with Crippen molar-refractivity contribution in [2.45, 2.75) is 0 Å². The Labute approximate surface area is 115 Å². The molecule has 1 aromatic carbocycles. The Kier molecular flexibility index (Phi) is 2.83. The van der Waals surface area contributed by atoms with E-state index in [-0.39, 0.29) is 0 Å². The van der Waals surface area contributed by atoms with Crippen LogP contribution in [0.1, 0.15) is 0 Å². The number of benzene rings is 1. The van der Waals surface area contributed by atoms with E-state index >= 15 is 0 Å². The van der Waals surface area contributed by atoms with E-state index in [0.29, 0.717) is 28.3 Å². The number of nitrogens with zero attached hydrogens (tertiary/aromatic N) is 2. The predicted molar refractivity (Wildman–Crippen MR) is 72.1 cm³/mol. The van der Waals surface area contributed by atoms with Gasteiger partial charge in [0.1, 0.15) is 11.3 Å². The van der Waals surface area contributed by atoms with Crippen LogP contribution in [0.5, 0.6) is 5.75 Å². The lowest BCUT2D eigenvalue weighted by molar-refractivity contribution is 0.415. The van der Waals surface area contributed by atoms with Gasteiger partial charge in [-0.3, -0.25) is 0 Å². The monoisotopic (exact) mass is 321 g/mol. The van der Waals surface area contributed by atoms with Crippen molar-refractivity contribution in [3.05, 3.63) is 39.5 Å². The van der Waals surface area contributed by atoms with Crippen LogP contribution in [0.2, 0.25) is 0 Å². The van der Waals surface area contributed by atoms with E-state index in [9.17, 15) is 4.79 Å². The quantitative estimate of drug-likeness (QED) is 0.783. The van der Waals surface area contributed by atoms with Gasteiger partial charge in [0.25, 0.3) is 0 Å². The Morgan fingerprint density at radius 1 is 1.42 bits per heavy atom. The van der Waals surface area contributed by atoms with Crippen LogP contribution in [0.15, 0.2) is 38.2 Å². The van der Waals surface area contributed by atoms with Crippen LogP contribution in [0.4, 0.5) is 0 Å². The van der Waals surface area contributed by atoms with Crippen LogP contribution in [-0.2, 0) is 0 Å². The normalized spacial score (nSPS) is 10.8. The van der Waals surface area contributed by atoms with Gasteiger partial charge in [-0.25, -0.2) is 14.8 Å². The molecule has 0 atom stereocenters. The van der Waals surface area contributed by atoms with Gasteiger partial charge >= 0.3 is 5.69 Å². The average Bonchev–Trinajstić information content (AvgIpc) is 2.84. The molecule has 0 unspecified atom stereocenters.